The van der Waals surface area contributed by atoms with Crippen molar-refractivity contribution in [3.8, 4) is 6.07 Å². The lowest BCUT2D eigenvalue weighted by Gasteiger charge is -2.13. The van der Waals surface area contributed by atoms with E-state index >= 15 is 0 Å². The normalized spacial score (nSPS) is 12.5. The van der Waals surface area contributed by atoms with Crippen molar-refractivity contribution in [1.29, 1.82) is 5.26 Å². The number of hydrogen-bond donors (Lipinski definition) is 0. The van der Waals surface area contributed by atoms with Gasteiger partial charge in [0.15, 0.2) is 0 Å². The van der Waals surface area contributed by atoms with Crippen LogP contribution in [0.25, 0.3) is 0 Å². The maximum Gasteiger partial charge on any atom is 0.129 e. The van der Waals surface area contributed by atoms with Gasteiger partial charge in [-0.3, -0.25) is 0 Å². The fourth-order valence-corrected chi connectivity index (χ4v) is 1.35. The minimum Gasteiger partial charge on any atom is -0.207 e. The zero-order chi connectivity index (χ0) is 11.4. The largest absolute Gasteiger partial charge is 0.207 e. The summed E-state index contributed by atoms with van der Waals surface area (Å²) in [7, 11) is 0. The van der Waals surface area contributed by atoms with Gasteiger partial charge in [0, 0.05) is 6.07 Å². The van der Waals surface area contributed by atoms with E-state index in [1.54, 1.807) is 0 Å². The van der Waals surface area contributed by atoms with Crippen LogP contribution in [0.2, 0.25) is 0 Å². The van der Waals surface area contributed by atoms with E-state index in [1.165, 1.54) is 12.1 Å². The van der Waals surface area contributed by atoms with Crippen LogP contribution in [0.15, 0.2) is 18.2 Å². The lowest BCUT2D eigenvalue weighted by Crippen LogP contribution is -2.10. The molecule has 1 rings (SSSR count). The minimum atomic E-state index is -0.589. The third-order valence-electron chi connectivity index (χ3n) is 2.43. The van der Waals surface area contributed by atoms with Crippen molar-refractivity contribution >= 4 is 0 Å². The molecule has 0 spiro atoms. The highest BCUT2D eigenvalue weighted by Gasteiger charge is 2.15. The summed E-state index contributed by atoms with van der Waals surface area (Å²) < 4.78 is 25.9. The highest BCUT2D eigenvalue weighted by atomic mass is 19.1. The van der Waals surface area contributed by atoms with Gasteiger partial charge in [-0.1, -0.05) is 19.9 Å². The predicted molar refractivity (Wildman–Crippen MR) is 54.0 cm³/mol. The van der Waals surface area contributed by atoms with Gasteiger partial charge in [-0.25, -0.2) is 8.78 Å². The van der Waals surface area contributed by atoms with Gasteiger partial charge in [-0.05, 0) is 24.0 Å². The van der Waals surface area contributed by atoms with Crippen molar-refractivity contribution in [3.63, 3.8) is 0 Å². The second kappa shape index (κ2) is 4.88. The van der Waals surface area contributed by atoms with Crippen molar-refractivity contribution in [2.75, 3.05) is 0 Å². The molecule has 0 radical (unpaired) electrons. The van der Waals surface area contributed by atoms with Gasteiger partial charge < -0.3 is 0 Å². The zero-order valence-corrected chi connectivity index (χ0v) is 8.80. The molecule has 0 aliphatic rings. The second-order valence-electron chi connectivity index (χ2n) is 3.92. The Bertz CT molecular complexity index is 380. The van der Waals surface area contributed by atoms with Gasteiger partial charge in [0.05, 0.1) is 12.0 Å². The first kappa shape index (κ1) is 11.6. The zero-order valence-electron chi connectivity index (χ0n) is 8.80. The molecule has 1 aromatic carbocycles. The van der Waals surface area contributed by atoms with Crippen molar-refractivity contribution in [2.24, 2.45) is 11.8 Å². The molecule has 0 bridgehead atoms. The number of hydrogen-bond acceptors (Lipinski definition) is 1. The average Bonchev–Trinajstić information content (AvgIpc) is 2.16. The molecule has 1 aromatic rings. The molecular formula is C12H13F2N. The molecule has 0 aliphatic heterocycles. The summed E-state index contributed by atoms with van der Waals surface area (Å²) in [5.74, 6) is -1.23. The summed E-state index contributed by atoms with van der Waals surface area (Å²) in [6.07, 6.45) is 0.334. The summed E-state index contributed by atoms with van der Waals surface area (Å²) in [6, 6.07) is 5.60. The molecular weight excluding hydrogens is 196 g/mol. The topological polar surface area (TPSA) is 23.8 Å². The van der Waals surface area contributed by atoms with E-state index in [0.29, 0.717) is 12.0 Å². The Morgan fingerprint density at radius 1 is 1.33 bits per heavy atom. The van der Waals surface area contributed by atoms with Crippen molar-refractivity contribution in [2.45, 2.75) is 20.3 Å². The number of benzene rings is 1. The fourth-order valence-electron chi connectivity index (χ4n) is 1.35. The summed E-state index contributed by atoms with van der Waals surface area (Å²) in [5.41, 5.74) is 0.400. The predicted octanol–water partition coefficient (Wildman–Crippen LogP) is 3.30. The molecule has 0 aromatic heterocycles. The van der Waals surface area contributed by atoms with Crippen molar-refractivity contribution < 1.29 is 8.78 Å². The van der Waals surface area contributed by atoms with Crippen molar-refractivity contribution in [1.82, 2.24) is 0 Å². The maximum atomic E-state index is 13.3. The van der Waals surface area contributed by atoms with Crippen LogP contribution in [-0.2, 0) is 6.42 Å². The van der Waals surface area contributed by atoms with E-state index in [4.69, 9.17) is 5.26 Å². The van der Waals surface area contributed by atoms with Crippen LogP contribution in [0.5, 0.6) is 0 Å². The first-order valence-corrected chi connectivity index (χ1v) is 4.88. The summed E-state index contributed by atoms with van der Waals surface area (Å²) >= 11 is 0. The van der Waals surface area contributed by atoms with Crippen LogP contribution in [0.1, 0.15) is 19.4 Å². The molecule has 1 atom stereocenters. The molecule has 0 fully saturated rings. The molecule has 1 nitrogen and oxygen atoms in total. The van der Waals surface area contributed by atoms with Crippen LogP contribution in [0, 0.1) is 34.8 Å². The molecule has 0 heterocycles. The van der Waals surface area contributed by atoms with E-state index in [2.05, 4.69) is 6.07 Å². The van der Waals surface area contributed by atoms with E-state index in [-0.39, 0.29) is 11.8 Å². The van der Waals surface area contributed by atoms with Crippen LogP contribution >= 0.6 is 0 Å². The van der Waals surface area contributed by atoms with E-state index in [1.807, 2.05) is 13.8 Å². The third kappa shape index (κ3) is 3.02. The highest BCUT2D eigenvalue weighted by molar-refractivity contribution is 5.20. The Morgan fingerprint density at radius 3 is 2.47 bits per heavy atom. The van der Waals surface area contributed by atoms with Gasteiger partial charge >= 0.3 is 0 Å². The van der Waals surface area contributed by atoms with Crippen LogP contribution in [0.4, 0.5) is 8.78 Å². The van der Waals surface area contributed by atoms with Crippen LogP contribution in [0.3, 0.4) is 0 Å². The van der Waals surface area contributed by atoms with Crippen LogP contribution < -0.4 is 0 Å². The number of nitrogens with zero attached hydrogens (tertiary/aromatic N) is 1. The van der Waals surface area contributed by atoms with Gasteiger partial charge in [-0.15, -0.1) is 0 Å². The van der Waals surface area contributed by atoms with Gasteiger partial charge in [0.2, 0.25) is 0 Å². The molecule has 3 heteroatoms. The van der Waals surface area contributed by atoms with E-state index in [9.17, 15) is 8.78 Å². The van der Waals surface area contributed by atoms with Crippen molar-refractivity contribution in [3.05, 3.63) is 35.4 Å². The minimum absolute atomic E-state index is 0.166. The highest BCUT2D eigenvalue weighted by Crippen LogP contribution is 2.19. The standard InChI is InChI=1S/C12H13F2N/c1-8(2)10(7-15)5-9-3-4-11(13)6-12(9)14/h3-4,6,8,10H,5H2,1-2H3. The Kier molecular flexibility index (Phi) is 3.79. The Balaban J connectivity index is 2.85. The first-order valence-electron chi connectivity index (χ1n) is 4.88. The molecule has 0 saturated heterocycles. The summed E-state index contributed by atoms with van der Waals surface area (Å²) in [4.78, 5) is 0. The molecule has 0 aliphatic carbocycles. The Labute approximate surface area is 88.3 Å². The third-order valence-corrected chi connectivity index (χ3v) is 2.43. The van der Waals surface area contributed by atoms with E-state index in [0.717, 1.165) is 6.07 Å². The summed E-state index contributed by atoms with van der Waals surface area (Å²) in [6.45, 7) is 3.82. The monoisotopic (exact) mass is 209 g/mol. The molecule has 0 N–H and O–H groups in total. The van der Waals surface area contributed by atoms with Gasteiger partial charge in [0.25, 0.3) is 0 Å². The molecule has 0 saturated carbocycles. The quantitative estimate of drug-likeness (QED) is 0.749. The first-order chi connectivity index (χ1) is 7.04. The van der Waals surface area contributed by atoms with Crippen LogP contribution in [-0.4, -0.2) is 0 Å². The van der Waals surface area contributed by atoms with E-state index < -0.39 is 11.6 Å². The molecule has 0 amide bonds. The number of halogens is 2. The summed E-state index contributed by atoms with van der Waals surface area (Å²) in [5, 5.41) is 8.86. The average molecular weight is 209 g/mol. The second-order valence-corrected chi connectivity index (χ2v) is 3.92. The lowest BCUT2D eigenvalue weighted by molar-refractivity contribution is 0.462. The number of nitriles is 1. The number of rotatable bonds is 3. The Hall–Kier alpha value is -1.43. The molecule has 1 unspecified atom stereocenters. The lowest BCUT2D eigenvalue weighted by atomic mass is 9.90. The van der Waals surface area contributed by atoms with Gasteiger partial charge in [0.1, 0.15) is 11.6 Å². The van der Waals surface area contributed by atoms with Gasteiger partial charge in [-0.2, -0.15) is 5.26 Å². The SMILES string of the molecule is CC(C)C(C#N)Cc1ccc(F)cc1F. The smallest absolute Gasteiger partial charge is 0.129 e. The molecule has 80 valence electrons. The Morgan fingerprint density at radius 2 is 2.00 bits per heavy atom. The maximum absolute atomic E-state index is 13.3. The fraction of sp³-hybridized carbons (Fsp3) is 0.417. The molecule has 15 heavy (non-hydrogen) atoms.